The number of Topliss-reactive ketones (excluding diaryl/α,β-unsaturated/α-hetero) is 1. The monoisotopic (exact) mass is 327 g/mol. The number of ketones is 1. The molecule has 6 heteroatoms. The van der Waals surface area contributed by atoms with Gasteiger partial charge in [-0.1, -0.05) is 12.2 Å². The van der Waals surface area contributed by atoms with Gasteiger partial charge in [0.1, 0.15) is 5.75 Å². The maximum absolute atomic E-state index is 13.0. The molecule has 1 aromatic carbocycles. The first-order valence-electron chi connectivity index (χ1n) is 7.81. The number of methoxy groups -OCH3 is 1. The molecule has 3 aliphatic rings. The number of hydrogen-bond acceptors (Lipinski definition) is 5. The molecular formula is C18H17NO5. The van der Waals surface area contributed by atoms with E-state index in [4.69, 9.17) is 9.47 Å². The quantitative estimate of drug-likeness (QED) is 0.480. The fourth-order valence-electron chi connectivity index (χ4n) is 3.97. The van der Waals surface area contributed by atoms with Crippen molar-refractivity contribution in [3.05, 3.63) is 35.9 Å². The van der Waals surface area contributed by atoms with E-state index in [1.165, 1.54) is 20.1 Å². The topological polar surface area (TPSA) is 72.9 Å². The number of nitrogens with zero attached hydrogens (tertiary/aromatic N) is 1. The van der Waals surface area contributed by atoms with Gasteiger partial charge in [-0.25, -0.2) is 4.90 Å². The highest BCUT2D eigenvalue weighted by Gasteiger charge is 2.66. The Kier molecular flexibility index (Phi) is 3.00. The van der Waals surface area contributed by atoms with E-state index >= 15 is 0 Å². The van der Waals surface area contributed by atoms with Crippen molar-refractivity contribution in [2.24, 2.45) is 11.8 Å². The molecule has 0 saturated carbocycles. The second kappa shape index (κ2) is 4.77. The Labute approximate surface area is 139 Å². The van der Waals surface area contributed by atoms with E-state index in [0.29, 0.717) is 17.0 Å². The zero-order chi connectivity index (χ0) is 17.2. The van der Waals surface area contributed by atoms with E-state index in [9.17, 15) is 14.4 Å². The summed E-state index contributed by atoms with van der Waals surface area (Å²) in [4.78, 5) is 38.8. The highest BCUT2D eigenvalue weighted by Crippen LogP contribution is 2.53. The van der Waals surface area contributed by atoms with Crippen molar-refractivity contribution in [2.45, 2.75) is 25.6 Å². The summed E-state index contributed by atoms with van der Waals surface area (Å²) >= 11 is 0. The van der Waals surface area contributed by atoms with Gasteiger partial charge in [0.25, 0.3) is 0 Å². The first-order valence-corrected chi connectivity index (χ1v) is 7.81. The predicted octanol–water partition coefficient (Wildman–Crippen LogP) is 1.73. The number of amides is 2. The Balaban J connectivity index is 1.82. The predicted molar refractivity (Wildman–Crippen MR) is 84.9 cm³/mol. The lowest BCUT2D eigenvalue weighted by molar-refractivity contribution is -0.126. The van der Waals surface area contributed by atoms with Gasteiger partial charge in [-0.3, -0.25) is 14.4 Å². The molecule has 3 aliphatic heterocycles. The van der Waals surface area contributed by atoms with Gasteiger partial charge in [0.05, 0.1) is 36.3 Å². The highest BCUT2D eigenvalue weighted by molar-refractivity contribution is 6.24. The number of rotatable bonds is 3. The van der Waals surface area contributed by atoms with E-state index < -0.39 is 17.4 Å². The molecule has 1 aromatic rings. The largest absolute Gasteiger partial charge is 0.495 e. The van der Waals surface area contributed by atoms with Gasteiger partial charge in [0, 0.05) is 5.56 Å². The van der Waals surface area contributed by atoms with E-state index in [2.05, 4.69) is 0 Å². The molecule has 0 aliphatic carbocycles. The molecule has 0 N–H and O–H groups in total. The van der Waals surface area contributed by atoms with Crippen molar-refractivity contribution < 1.29 is 23.9 Å². The van der Waals surface area contributed by atoms with Crippen LogP contribution in [0.2, 0.25) is 0 Å². The lowest BCUT2D eigenvalue weighted by Gasteiger charge is -2.24. The number of imide groups is 1. The van der Waals surface area contributed by atoms with Gasteiger partial charge in [0.2, 0.25) is 11.8 Å². The molecule has 0 aromatic heterocycles. The van der Waals surface area contributed by atoms with Crippen LogP contribution in [-0.4, -0.2) is 36.4 Å². The van der Waals surface area contributed by atoms with Crippen LogP contribution in [0.4, 0.5) is 5.69 Å². The van der Waals surface area contributed by atoms with E-state index in [1.807, 2.05) is 19.1 Å². The molecule has 0 spiro atoms. The van der Waals surface area contributed by atoms with Crippen molar-refractivity contribution in [2.75, 3.05) is 12.0 Å². The van der Waals surface area contributed by atoms with E-state index in [1.54, 1.807) is 12.1 Å². The third-order valence-electron chi connectivity index (χ3n) is 5.16. The van der Waals surface area contributed by atoms with Crippen molar-refractivity contribution in [1.29, 1.82) is 0 Å². The first kappa shape index (κ1) is 15.1. The molecule has 2 amide bonds. The molecule has 0 radical (unpaired) electrons. The number of carbonyl (C=O) groups excluding carboxylic acids is 3. The first-order chi connectivity index (χ1) is 11.4. The summed E-state index contributed by atoms with van der Waals surface area (Å²) in [5.74, 6) is -1.42. The molecule has 0 unspecified atom stereocenters. The number of anilines is 1. The number of benzene rings is 1. The highest BCUT2D eigenvalue weighted by atomic mass is 16.5. The average Bonchev–Trinajstić information content (AvgIpc) is 3.15. The second-order valence-corrected chi connectivity index (χ2v) is 6.58. The van der Waals surface area contributed by atoms with Crippen LogP contribution in [-0.2, 0) is 14.3 Å². The van der Waals surface area contributed by atoms with Gasteiger partial charge in [-0.2, -0.15) is 0 Å². The summed E-state index contributed by atoms with van der Waals surface area (Å²) in [5, 5.41) is 0. The number of hydrogen-bond donors (Lipinski definition) is 0. The van der Waals surface area contributed by atoms with Gasteiger partial charge in [-0.05, 0) is 32.0 Å². The summed E-state index contributed by atoms with van der Waals surface area (Å²) in [6, 6.07) is 4.76. The smallest absolute Gasteiger partial charge is 0.241 e. The van der Waals surface area contributed by atoms with Gasteiger partial charge >= 0.3 is 0 Å². The molecule has 3 heterocycles. The van der Waals surface area contributed by atoms with Crippen molar-refractivity contribution in [1.82, 2.24) is 0 Å². The number of ether oxygens (including phenoxy) is 2. The van der Waals surface area contributed by atoms with Gasteiger partial charge < -0.3 is 9.47 Å². The maximum Gasteiger partial charge on any atom is 0.241 e. The van der Waals surface area contributed by atoms with Gasteiger partial charge in [0.15, 0.2) is 5.78 Å². The molecule has 124 valence electrons. The fourth-order valence-corrected chi connectivity index (χ4v) is 3.97. The molecule has 2 saturated heterocycles. The molecule has 4 atom stereocenters. The summed E-state index contributed by atoms with van der Waals surface area (Å²) in [6.07, 6.45) is 3.33. The van der Waals surface area contributed by atoms with Crippen LogP contribution < -0.4 is 9.64 Å². The van der Waals surface area contributed by atoms with Crippen LogP contribution in [0.1, 0.15) is 24.2 Å². The van der Waals surface area contributed by atoms with Crippen LogP contribution in [0, 0.1) is 11.8 Å². The van der Waals surface area contributed by atoms with Crippen LogP contribution in [0.3, 0.4) is 0 Å². The van der Waals surface area contributed by atoms with Crippen LogP contribution in [0.15, 0.2) is 30.4 Å². The third kappa shape index (κ3) is 1.77. The van der Waals surface area contributed by atoms with Crippen molar-refractivity contribution in [3.8, 4) is 5.75 Å². The minimum atomic E-state index is -0.748. The van der Waals surface area contributed by atoms with E-state index in [0.717, 1.165) is 4.90 Å². The van der Waals surface area contributed by atoms with E-state index in [-0.39, 0.29) is 23.7 Å². The normalized spacial score (nSPS) is 33.3. The Morgan fingerprint density at radius 1 is 1.29 bits per heavy atom. The molecule has 2 fully saturated rings. The van der Waals surface area contributed by atoms with Crippen LogP contribution in [0.25, 0.3) is 0 Å². The summed E-state index contributed by atoms with van der Waals surface area (Å²) in [7, 11) is 1.47. The molecule has 24 heavy (non-hydrogen) atoms. The molecular weight excluding hydrogens is 310 g/mol. The standard InChI is InChI=1S/C18H17NO5/c1-9(20)10-4-5-12(23-3)11(8-10)19-16(21)14-13-6-7-18(2,24-13)15(14)17(19)22/h4-8,13-15H,1-3H3/t13-,14+,15+,18-/m1/s1. The third-order valence-corrected chi connectivity index (χ3v) is 5.16. The Bertz CT molecular complexity index is 814. The van der Waals surface area contributed by atoms with Crippen molar-refractivity contribution in [3.63, 3.8) is 0 Å². The zero-order valence-corrected chi connectivity index (χ0v) is 13.6. The molecule has 6 nitrogen and oxygen atoms in total. The average molecular weight is 327 g/mol. The van der Waals surface area contributed by atoms with Crippen LogP contribution >= 0.6 is 0 Å². The lowest BCUT2D eigenvalue weighted by atomic mass is 9.78. The minimum absolute atomic E-state index is 0.143. The Morgan fingerprint density at radius 3 is 2.67 bits per heavy atom. The van der Waals surface area contributed by atoms with Crippen molar-refractivity contribution >= 4 is 23.3 Å². The summed E-state index contributed by atoms with van der Waals surface area (Å²) in [5.41, 5.74) is -0.00738. The minimum Gasteiger partial charge on any atom is -0.495 e. The zero-order valence-electron chi connectivity index (χ0n) is 13.6. The van der Waals surface area contributed by atoms with Crippen LogP contribution in [0.5, 0.6) is 5.75 Å². The second-order valence-electron chi connectivity index (χ2n) is 6.58. The van der Waals surface area contributed by atoms with Gasteiger partial charge in [-0.15, -0.1) is 0 Å². The summed E-state index contributed by atoms with van der Waals surface area (Å²) < 4.78 is 11.1. The number of fused-ring (bicyclic) bond motifs is 5. The summed E-state index contributed by atoms with van der Waals surface area (Å²) in [6.45, 7) is 3.26. The molecule has 2 bridgehead atoms. The maximum atomic E-state index is 13.0. The SMILES string of the molecule is COc1ccc(C(C)=O)cc1N1C(=O)[C@@H]2[C@@H](C1=O)[C@@]1(C)C=C[C@H]2O1. The fraction of sp³-hybridized carbons (Fsp3) is 0.389. The lowest BCUT2D eigenvalue weighted by Crippen LogP contribution is -2.38. The number of carbonyl (C=O) groups is 3. The molecule has 4 rings (SSSR count). The Morgan fingerprint density at radius 2 is 2.04 bits per heavy atom. The Hall–Kier alpha value is -2.47.